The summed E-state index contributed by atoms with van der Waals surface area (Å²) in [5.41, 5.74) is -0.390. The van der Waals surface area contributed by atoms with Gasteiger partial charge in [0, 0.05) is 57.9 Å². The highest BCUT2D eigenvalue weighted by atomic mass is 16.2. The summed E-state index contributed by atoms with van der Waals surface area (Å²) in [6.07, 6.45) is 9.96. The molecule has 2 heterocycles. The van der Waals surface area contributed by atoms with Crippen LogP contribution in [0.15, 0.2) is 10.2 Å². The van der Waals surface area contributed by atoms with Crippen LogP contribution in [0.25, 0.3) is 0 Å². The number of amides is 2. The third-order valence-corrected chi connectivity index (χ3v) is 5.31. The predicted octanol–water partition coefficient (Wildman–Crippen LogP) is 1.15. The van der Waals surface area contributed by atoms with Gasteiger partial charge in [0.05, 0.1) is 6.04 Å². The van der Waals surface area contributed by atoms with Crippen LogP contribution in [0.4, 0.5) is 0 Å². The first-order valence-corrected chi connectivity index (χ1v) is 9.23. The van der Waals surface area contributed by atoms with Crippen molar-refractivity contribution < 1.29 is 9.59 Å². The van der Waals surface area contributed by atoms with E-state index in [2.05, 4.69) is 26.4 Å². The molecule has 0 aromatic rings. The predicted molar refractivity (Wildman–Crippen MR) is 93.7 cm³/mol. The maximum Gasteiger partial charge on any atom is 0.237 e. The Morgan fingerprint density at radius 3 is 2.48 bits per heavy atom. The number of piperazine rings is 1. The number of hydrogen-bond acceptors (Lipinski definition) is 5. The topological polar surface area (TPSA) is 77.4 Å². The normalized spacial score (nSPS) is 23.0. The average molecular weight is 345 g/mol. The van der Waals surface area contributed by atoms with Crippen molar-refractivity contribution in [2.24, 2.45) is 10.2 Å². The van der Waals surface area contributed by atoms with E-state index in [0.29, 0.717) is 38.4 Å². The summed E-state index contributed by atoms with van der Waals surface area (Å²) in [5, 5.41) is 11.2. The van der Waals surface area contributed by atoms with Crippen molar-refractivity contribution in [3.05, 3.63) is 0 Å². The molecule has 3 aliphatic rings. The van der Waals surface area contributed by atoms with Gasteiger partial charge in [-0.05, 0) is 19.8 Å². The molecule has 7 nitrogen and oxygen atoms in total. The summed E-state index contributed by atoms with van der Waals surface area (Å²) in [6.45, 7) is 4.77. The summed E-state index contributed by atoms with van der Waals surface area (Å²) in [5.74, 6) is 2.85. The minimum atomic E-state index is -0.390. The molecule has 0 radical (unpaired) electrons. The van der Waals surface area contributed by atoms with Crippen LogP contribution < -0.4 is 5.32 Å². The van der Waals surface area contributed by atoms with Crippen LogP contribution in [0.2, 0.25) is 0 Å². The van der Waals surface area contributed by atoms with Crippen molar-refractivity contribution in [3.8, 4) is 12.3 Å². The Morgan fingerprint density at radius 2 is 1.92 bits per heavy atom. The third-order valence-electron chi connectivity index (χ3n) is 5.31. The molecule has 2 aliphatic heterocycles. The van der Waals surface area contributed by atoms with Crippen molar-refractivity contribution >= 4 is 11.8 Å². The minimum Gasteiger partial charge on any atom is -0.352 e. The van der Waals surface area contributed by atoms with Crippen molar-refractivity contribution in [2.45, 2.75) is 63.2 Å². The number of terminal acetylenes is 1. The second-order valence-corrected chi connectivity index (χ2v) is 7.26. The molecule has 0 bridgehead atoms. The first kappa shape index (κ1) is 17.9. The van der Waals surface area contributed by atoms with Gasteiger partial charge in [0.15, 0.2) is 5.66 Å². The summed E-state index contributed by atoms with van der Waals surface area (Å²) in [7, 11) is 0. The Kier molecular flexibility index (Phi) is 5.38. The summed E-state index contributed by atoms with van der Waals surface area (Å²) in [6, 6.07) is 0.256. The molecule has 0 spiro atoms. The van der Waals surface area contributed by atoms with Gasteiger partial charge >= 0.3 is 0 Å². The molecular weight excluding hydrogens is 318 g/mol. The van der Waals surface area contributed by atoms with Crippen molar-refractivity contribution in [3.63, 3.8) is 0 Å². The van der Waals surface area contributed by atoms with E-state index in [1.54, 1.807) is 0 Å². The second-order valence-electron chi connectivity index (χ2n) is 7.26. The first-order chi connectivity index (χ1) is 12.0. The lowest BCUT2D eigenvalue weighted by Gasteiger charge is -2.37. The van der Waals surface area contributed by atoms with Crippen LogP contribution in [-0.2, 0) is 9.59 Å². The Bertz CT molecular complexity index is 579. The molecule has 1 N–H and O–H groups in total. The molecule has 1 aliphatic carbocycles. The number of carbonyl (C=O) groups excluding carboxylic acids is 2. The van der Waals surface area contributed by atoms with E-state index in [4.69, 9.17) is 6.42 Å². The molecule has 2 amide bonds. The highest BCUT2D eigenvalue weighted by molar-refractivity contribution is 5.82. The van der Waals surface area contributed by atoms with Gasteiger partial charge in [0.1, 0.15) is 0 Å². The lowest BCUT2D eigenvalue weighted by molar-refractivity contribution is -0.134. The largest absolute Gasteiger partial charge is 0.352 e. The van der Waals surface area contributed by atoms with Crippen LogP contribution in [0.3, 0.4) is 0 Å². The number of nitrogens with zero attached hydrogens (tertiary/aromatic N) is 4. The third kappa shape index (κ3) is 4.79. The van der Waals surface area contributed by atoms with Crippen LogP contribution in [-0.4, -0.2) is 65.5 Å². The van der Waals surface area contributed by atoms with Gasteiger partial charge in [0.2, 0.25) is 11.8 Å². The first-order valence-electron chi connectivity index (χ1n) is 9.23. The molecule has 1 saturated carbocycles. The van der Waals surface area contributed by atoms with Gasteiger partial charge in [-0.25, -0.2) is 0 Å². The van der Waals surface area contributed by atoms with Crippen molar-refractivity contribution in [2.75, 3.05) is 26.2 Å². The van der Waals surface area contributed by atoms with Crippen LogP contribution >= 0.6 is 0 Å². The second kappa shape index (κ2) is 7.52. The molecule has 7 heteroatoms. The zero-order valence-corrected chi connectivity index (χ0v) is 14.9. The smallest absolute Gasteiger partial charge is 0.237 e. The van der Waals surface area contributed by atoms with E-state index in [1.807, 2.05) is 11.8 Å². The van der Waals surface area contributed by atoms with E-state index in [-0.39, 0.29) is 23.5 Å². The van der Waals surface area contributed by atoms with E-state index in [9.17, 15) is 9.59 Å². The molecule has 1 atom stereocenters. The molecule has 2 fully saturated rings. The fraction of sp³-hybridized carbons (Fsp3) is 0.778. The molecule has 136 valence electrons. The number of hydrogen-bond donors (Lipinski definition) is 1. The Hall–Kier alpha value is -1.94. The van der Waals surface area contributed by atoms with E-state index in [1.165, 1.54) is 0 Å². The number of nitrogens with one attached hydrogen (secondary N) is 1. The zero-order valence-electron chi connectivity index (χ0n) is 14.9. The fourth-order valence-corrected chi connectivity index (χ4v) is 3.21. The molecule has 1 saturated heterocycles. The number of carbonyl (C=O) groups is 2. The van der Waals surface area contributed by atoms with Crippen molar-refractivity contribution in [1.82, 2.24) is 15.1 Å². The van der Waals surface area contributed by atoms with Gasteiger partial charge in [-0.2, -0.15) is 10.2 Å². The summed E-state index contributed by atoms with van der Waals surface area (Å²) < 4.78 is 0. The molecule has 0 aromatic carbocycles. The molecule has 0 aromatic heterocycles. The van der Waals surface area contributed by atoms with E-state index in [0.717, 1.165) is 32.4 Å². The summed E-state index contributed by atoms with van der Waals surface area (Å²) in [4.78, 5) is 28.6. The molecule has 25 heavy (non-hydrogen) atoms. The van der Waals surface area contributed by atoms with Gasteiger partial charge in [-0.3, -0.25) is 14.5 Å². The molecule has 1 unspecified atom stereocenters. The zero-order chi connectivity index (χ0) is 17.9. The molecular formula is C18H27N5O2. The van der Waals surface area contributed by atoms with Gasteiger partial charge < -0.3 is 10.2 Å². The minimum absolute atomic E-state index is 0.106. The van der Waals surface area contributed by atoms with E-state index >= 15 is 0 Å². The lowest BCUT2D eigenvalue weighted by atomic mass is 10.0. The lowest BCUT2D eigenvalue weighted by Crippen LogP contribution is -2.55. The maximum absolute atomic E-state index is 12.4. The van der Waals surface area contributed by atoms with Gasteiger partial charge in [-0.1, -0.05) is 0 Å². The maximum atomic E-state index is 12.4. The quantitative estimate of drug-likeness (QED) is 0.671. The van der Waals surface area contributed by atoms with Crippen LogP contribution in [0.5, 0.6) is 0 Å². The van der Waals surface area contributed by atoms with E-state index < -0.39 is 0 Å². The Balaban J connectivity index is 1.37. The summed E-state index contributed by atoms with van der Waals surface area (Å²) >= 11 is 0. The SMILES string of the molecule is C#CCCC1(CCC(=O)N2CCN(C(C)C(=O)NC3CC3)CC2)N=N1. The molecule has 3 rings (SSSR count). The number of rotatable bonds is 8. The monoisotopic (exact) mass is 345 g/mol. The highest BCUT2D eigenvalue weighted by Crippen LogP contribution is 2.37. The fourth-order valence-electron chi connectivity index (χ4n) is 3.21. The van der Waals surface area contributed by atoms with Crippen LogP contribution in [0, 0.1) is 12.3 Å². The van der Waals surface area contributed by atoms with Gasteiger partial charge in [0.25, 0.3) is 0 Å². The van der Waals surface area contributed by atoms with Crippen molar-refractivity contribution in [1.29, 1.82) is 0 Å². The van der Waals surface area contributed by atoms with Crippen LogP contribution in [0.1, 0.15) is 45.4 Å². The average Bonchev–Trinajstić information content (AvgIpc) is 3.55. The Labute approximate surface area is 149 Å². The highest BCUT2D eigenvalue weighted by Gasteiger charge is 2.40. The Morgan fingerprint density at radius 1 is 1.24 bits per heavy atom. The standard InChI is InChI=1S/C18H27N5O2/c1-3-4-8-18(20-21-18)9-7-16(24)23-12-10-22(11-13-23)14(2)17(25)19-15-5-6-15/h1,14-15H,4-13H2,2H3,(H,19,25). The van der Waals surface area contributed by atoms with Gasteiger partial charge in [-0.15, -0.1) is 12.3 Å².